The van der Waals surface area contributed by atoms with Crippen molar-refractivity contribution in [2.24, 2.45) is 7.05 Å². The molecular weight excluding hydrogens is 236 g/mol. The number of aromatic nitrogens is 2. The van der Waals surface area contributed by atoms with Gasteiger partial charge in [0.05, 0.1) is 11.7 Å². The van der Waals surface area contributed by atoms with Gasteiger partial charge in [-0.15, -0.1) is 0 Å². The maximum absolute atomic E-state index is 13.3. The molecule has 1 N–H and O–H groups in total. The Morgan fingerprint density at radius 1 is 1.22 bits per heavy atom. The zero-order valence-corrected chi connectivity index (χ0v) is 10.5. The van der Waals surface area contributed by atoms with E-state index in [1.807, 2.05) is 20.2 Å². The number of hydrogen-bond donors (Lipinski definition) is 1. The topological polar surface area (TPSA) is 29.9 Å². The van der Waals surface area contributed by atoms with Crippen molar-refractivity contribution in [1.82, 2.24) is 15.1 Å². The second-order valence-corrected chi connectivity index (χ2v) is 4.27. The summed E-state index contributed by atoms with van der Waals surface area (Å²) in [5.74, 6) is -1.15. The first-order chi connectivity index (χ1) is 8.51. The Balaban J connectivity index is 2.48. The lowest BCUT2D eigenvalue weighted by Gasteiger charge is -2.16. The van der Waals surface area contributed by atoms with Crippen molar-refractivity contribution in [3.05, 3.63) is 52.9 Å². The molecular formula is C13H15F2N3. The molecule has 2 rings (SSSR count). The highest BCUT2D eigenvalue weighted by Crippen LogP contribution is 2.25. The van der Waals surface area contributed by atoms with Crippen LogP contribution >= 0.6 is 0 Å². The monoisotopic (exact) mass is 251 g/mol. The summed E-state index contributed by atoms with van der Waals surface area (Å²) in [6.07, 6.45) is 1.85. The van der Waals surface area contributed by atoms with E-state index in [-0.39, 0.29) is 6.04 Å². The molecule has 0 fully saturated rings. The third-order valence-corrected chi connectivity index (χ3v) is 2.87. The quantitative estimate of drug-likeness (QED) is 0.907. The molecule has 0 aliphatic heterocycles. The molecule has 5 heteroatoms. The highest BCUT2D eigenvalue weighted by Gasteiger charge is 2.18. The zero-order valence-electron chi connectivity index (χ0n) is 10.5. The lowest BCUT2D eigenvalue weighted by atomic mass is 9.99. The molecule has 0 saturated carbocycles. The van der Waals surface area contributed by atoms with Gasteiger partial charge in [-0.3, -0.25) is 4.68 Å². The van der Waals surface area contributed by atoms with Gasteiger partial charge in [-0.25, -0.2) is 8.78 Å². The average molecular weight is 251 g/mol. The van der Waals surface area contributed by atoms with E-state index in [1.165, 1.54) is 12.1 Å². The van der Waals surface area contributed by atoms with Gasteiger partial charge in [-0.05, 0) is 31.7 Å². The fourth-order valence-corrected chi connectivity index (χ4v) is 2.14. The second-order valence-electron chi connectivity index (χ2n) is 4.27. The third-order valence-electron chi connectivity index (χ3n) is 2.87. The summed E-state index contributed by atoms with van der Waals surface area (Å²) in [5.41, 5.74) is 2.29. The number of hydrogen-bond acceptors (Lipinski definition) is 2. The molecule has 0 amide bonds. The molecule has 0 aliphatic carbocycles. The summed E-state index contributed by atoms with van der Waals surface area (Å²) < 4.78 is 28.2. The molecule has 0 bridgehead atoms. The average Bonchev–Trinajstić information content (AvgIpc) is 2.58. The molecule has 3 nitrogen and oxygen atoms in total. The summed E-state index contributed by atoms with van der Waals surface area (Å²) in [7, 11) is 3.56. The maximum atomic E-state index is 13.3. The number of aryl methyl sites for hydroxylation is 2. The smallest absolute Gasteiger partial charge is 0.126 e. The first kappa shape index (κ1) is 12.7. The predicted octanol–water partition coefficient (Wildman–Crippen LogP) is 2.32. The highest BCUT2D eigenvalue weighted by atomic mass is 19.1. The Morgan fingerprint density at radius 3 is 2.28 bits per heavy atom. The summed E-state index contributed by atoms with van der Waals surface area (Å²) in [6, 6.07) is 3.25. The largest absolute Gasteiger partial charge is 0.309 e. The van der Waals surface area contributed by atoms with Gasteiger partial charge >= 0.3 is 0 Å². The van der Waals surface area contributed by atoms with Gasteiger partial charge < -0.3 is 5.32 Å². The fraction of sp³-hybridized carbons (Fsp3) is 0.308. The van der Waals surface area contributed by atoms with Crippen molar-refractivity contribution in [2.45, 2.75) is 13.0 Å². The standard InChI is InChI=1S/C13H15F2N3/c1-8-12(7-18(3)17-8)13(16-2)9-4-10(14)6-11(15)5-9/h4-7,13,16H,1-3H3. The normalized spacial score (nSPS) is 12.7. The third kappa shape index (κ3) is 2.41. The first-order valence-corrected chi connectivity index (χ1v) is 5.64. The van der Waals surface area contributed by atoms with E-state index in [1.54, 1.807) is 11.7 Å². The van der Waals surface area contributed by atoms with Gasteiger partial charge in [-0.1, -0.05) is 0 Å². The van der Waals surface area contributed by atoms with E-state index in [0.717, 1.165) is 17.3 Å². The molecule has 0 saturated heterocycles. The lowest BCUT2D eigenvalue weighted by Crippen LogP contribution is -2.18. The number of rotatable bonds is 3. The summed E-state index contributed by atoms with van der Waals surface area (Å²) in [5, 5.41) is 7.30. The molecule has 1 aromatic heterocycles. The number of benzene rings is 1. The second kappa shape index (κ2) is 4.86. The van der Waals surface area contributed by atoms with Gasteiger partial charge in [0.25, 0.3) is 0 Å². The van der Waals surface area contributed by atoms with Crippen LogP contribution in [0, 0.1) is 18.6 Å². The SMILES string of the molecule is CNC(c1cc(F)cc(F)c1)c1cn(C)nc1C. The minimum atomic E-state index is -0.577. The molecule has 1 aromatic carbocycles. The van der Waals surface area contributed by atoms with Gasteiger partial charge in [0.1, 0.15) is 11.6 Å². The van der Waals surface area contributed by atoms with E-state index in [4.69, 9.17) is 0 Å². The number of nitrogens with one attached hydrogen (secondary N) is 1. The van der Waals surface area contributed by atoms with Crippen LogP contribution in [0.3, 0.4) is 0 Å². The summed E-state index contributed by atoms with van der Waals surface area (Å²) in [4.78, 5) is 0. The van der Waals surface area contributed by atoms with Gasteiger partial charge in [0.15, 0.2) is 0 Å². The van der Waals surface area contributed by atoms with Crippen molar-refractivity contribution in [1.29, 1.82) is 0 Å². The van der Waals surface area contributed by atoms with Crippen LogP contribution in [0.25, 0.3) is 0 Å². The van der Waals surface area contributed by atoms with E-state index < -0.39 is 11.6 Å². The van der Waals surface area contributed by atoms with E-state index >= 15 is 0 Å². The van der Waals surface area contributed by atoms with E-state index in [9.17, 15) is 8.78 Å². The van der Waals surface area contributed by atoms with Crippen molar-refractivity contribution < 1.29 is 8.78 Å². The molecule has 1 heterocycles. The molecule has 0 spiro atoms. The fourth-order valence-electron chi connectivity index (χ4n) is 2.14. The van der Waals surface area contributed by atoms with E-state index in [2.05, 4.69) is 10.4 Å². The Morgan fingerprint density at radius 2 is 1.83 bits per heavy atom. The number of nitrogens with zero attached hydrogens (tertiary/aromatic N) is 2. The molecule has 18 heavy (non-hydrogen) atoms. The maximum Gasteiger partial charge on any atom is 0.126 e. The van der Waals surface area contributed by atoms with Gasteiger partial charge in [0, 0.05) is 24.9 Å². The van der Waals surface area contributed by atoms with Crippen LogP contribution in [0.4, 0.5) is 8.78 Å². The minimum Gasteiger partial charge on any atom is -0.309 e. The molecule has 1 atom stereocenters. The van der Waals surface area contributed by atoms with Crippen LogP contribution in [-0.4, -0.2) is 16.8 Å². The van der Waals surface area contributed by atoms with Crippen molar-refractivity contribution in [3.63, 3.8) is 0 Å². The molecule has 2 aromatic rings. The van der Waals surface area contributed by atoms with Crippen LogP contribution in [-0.2, 0) is 7.05 Å². The Kier molecular flexibility index (Phi) is 3.43. The first-order valence-electron chi connectivity index (χ1n) is 5.64. The van der Waals surface area contributed by atoms with Crippen molar-refractivity contribution in [2.75, 3.05) is 7.05 Å². The zero-order chi connectivity index (χ0) is 13.3. The van der Waals surface area contributed by atoms with Crippen LogP contribution in [0.1, 0.15) is 22.9 Å². The molecule has 0 radical (unpaired) electrons. The van der Waals surface area contributed by atoms with Crippen LogP contribution in [0.5, 0.6) is 0 Å². The summed E-state index contributed by atoms with van der Waals surface area (Å²) in [6.45, 7) is 1.87. The molecule has 0 aliphatic rings. The lowest BCUT2D eigenvalue weighted by molar-refractivity contribution is 0.571. The molecule has 96 valence electrons. The van der Waals surface area contributed by atoms with Gasteiger partial charge in [0.2, 0.25) is 0 Å². The van der Waals surface area contributed by atoms with Crippen LogP contribution in [0.2, 0.25) is 0 Å². The Hall–Kier alpha value is -1.75. The molecule has 1 unspecified atom stereocenters. The van der Waals surface area contributed by atoms with Crippen molar-refractivity contribution in [3.8, 4) is 0 Å². The summed E-state index contributed by atoms with van der Waals surface area (Å²) >= 11 is 0. The van der Waals surface area contributed by atoms with Crippen LogP contribution < -0.4 is 5.32 Å². The van der Waals surface area contributed by atoms with Crippen LogP contribution in [0.15, 0.2) is 24.4 Å². The van der Waals surface area contributed by atoms with E-state index in [0.29, 0.717) is 5.56 Å². The minimum absolute atomic E-state index is 0.274. The Labute approximate surface area is 104 Å². The van der Waals surface area contributed by atoms with Crippen molar-refractivity contribution >= 4 is 0 Å². The Bertz CT molecular complexity index is 543. The predicted molar refractivity (Wildman–Crippen MR) is 65.2 cm³/mol. The van der Waals surface area contributed by atoms with Gasteiger partial charge in [-0.2, -0.15) is 5.10 Å². The number of halogens is 2. The highest BCUT2D eigenvalue weighted by molar-refractivity contribution is 5.33.